The second-order valence-electron chi connectivity index (χ2n) is 5.04. The summed E-state index contributed by atoms with van der Waals surface area (Å²) in [6.45, 7) is 0.665. The summed E-state index contributed by atoms with van der Waals surface area (Å²) in [5, 5.41) is 0. The third kappa shape index (κ3) is 4.05. The highest BCUT2D eigenvalue weighted by Gasteiger charge is 2.13. The first kappa shape index (κ1) is 16.9. The molecule has 23 heavy (non-hydrogen) atoms. The van der Waals surface area contributed by atoms with E-state index in [4.69, 9.17) is 19.9 Å². The molecule has 0 atom stereocenters. The zero-order valence-electron chi connectivity index (χ0n) is 13.8. The summed E-state index contributed by atoms with van der Waals surface area (Å²) >= 11 is 0. The molecule has 0 radical (unpaired) electrons. The van der Waals surface area contributed by atoms with Gasteiger partial charge in [0.25, 0.3) is 0 Å². The molecule has 0 aliphatic carbocycles. The summed E-state index contributed by atoms with van der Waals surface area (Å²) in [6, 6.07) is 12.2. The normalized spacial score (nSPS) is 10.8. The first-order valence-corrected chi connectivity index (χ1v) is 7.49. The van der Waals surface area contributed by atoms with E-state index in [2.05, 4.69) is 24.3 Å². The maximum atomic E-state index is 5.57. The molecule has 122 valence electrons. The smallest absolute Gasteiger partial charge is 0.203 e. The van der Waals surface area contributed by atoms with Crippen molar-refractivity contribution in [2.24, 2.45) is 5.73 Å². The predicted octanol–water partition coefficient (Wildman–Crippen LogP) is 3.38. The number of nitrogens with two attached hydrogens (primary N) is 1. The quantitative estimate of drug-likeness (QED) is 0.796. The third-order valence-corrected chi connectivity index (χ3v) is 3.60. The molecule has 4 nitrogen and oxygen atoms in total. The first-order valence-electron chi connectivity index (χ1n) is 7.49. The molecule has 0 bridgehead atoms. The maximum absolute atomic E-state index is 5.57. The average Bonchev–Trinajstić information content (AvgIpc) is 2.60. The lowest BCUT2D eigenvalue weighted by molar-refractivity contribution is 0.324. The van der Waals surface area contributed by atoms with E-state index >= 15 is 0 Å². The van der Waals surface area contributed by atoms with Gasteiger partial charge in [0.1, 0.15) is 0 Å². The second kappa shape index (κ2) is 8.25. The van der Waals surface area contributed by atoms with Crippen molar-refractivity contribution in [3.8, 4) is 17.2 Å². The van der Waals surface area contributed by atoms with Gasteiger partial charge in [0.05, 0.1) is 21.3 Å². The molecular formula is C19H23NO3. The van der Waals surface area contributed by atoms with E-state index in [9.17, 15) is 0 Å². The van der Waals surface area contributed by atoms with Crippen LogP contribution in [0.3, 0.4) is 0 Å². The maximum Gasteiger partial charge on any atom is 0.203 e. The van der Waals surface area contributed by atoms with Crippen LogP contribution in [0.25, 0.3) is 12.2 Å². The van der Waals surface area contributed by atoms with Gasteiger partial charge in [-0.1, -0.05) is 36.4 Å². The van der Waals surface area contributed by atoms with E-state index in [0.29, 0.717) is 23.8 Å². The molecule has 0 heterocycles. The Labute approximate surface area is 137 Å². The molecule has 0 saturated carbocycles. The lowest BCUT2D eigenvalue weighted by Gasteiger charge is -2.14. The molecule has 0 unspecified atom stereocenters. The number of hydrogen-bond acceptors (Lipinski definition) is 4. The number of benzene rings is 2. The minimum atomic E-state index is 0.593. The lowest BCUT2D eigenvalue weighted by atomic mass is 10.1. The number of ether oxygens (including phenoxy) is 3. The molecule has 0 fully saturated rings. The molecule has 2 N–H and O–H groups in total. The monoisotopic (exact) mass is 313 g/mol. The van der Waals surface area contributed by atoms with Gasteiger partial charge in [0.15, 0.2) is 11.5 Å². The fourth-order valence-electron chi connectivity index (χ4n) is 2.40. The van der Waals surface area contributed by atoms with Gasteiger partial charge >= 0.3 is 0 Å². The van der Waals surface area contributed by atoms with E-state index < -0.39 is 0 Å². The van der Waals surface area contributed by atoms with Crippen molar-refractivity contribution >= 4 is 12.2 Å². The molecule has 0 saturated heterocycles. The van der Waals surface area contributed by atoms with Gasteiger partial charge < -0.3 is 19.9 Å². The van der Waals surface area contributed by atoms with Gasteiger partial charge in [0.2, 0.25) is 5.75 Å². The minimum Gasteiger partial charge on any atom is -0.493 e. The minimum absolute atomic E-state index is 0.593. The van der Waals surface area contributed by atoms with E-state index in [1.807, 2.05) is 24.3 Å². The van der Waals surface area contributed by atoms with Crippen LogP contribution in [0.15, 0.2) is 36.4 Å². The molecule has 2 aromatic rings. The Hall–Kier alpha value is -2.46. The topological polar surface area (TPSA) is 53.7 Å². The van der Waals surface area contributed by atoms with Crippen LogP contribution in [0.4, 0.5) is 0 Å². The Morgan fingerprint density at radius 3 is 2.09 bits per heavy atom. The van der Waals surface area contributed by atoms with Crippen LogP contribution in [0.5, 0.6) is 17.2 Å². The molecule has 0 amide bonds. The Balaban J connectivity index is 2.28. The van der Waals surface area contributed by atoms with Crippen molar-refractivity contribution in [1.29, 1.82) is 0 Å². The Bertz CT molecular complexity index is 663. The fraction of sp³-hybridized carbons (Fsp3) is 0.263. The number of methoxy groups -OCH3 is 3. The summed E-state index contributed by atoms with van der Waals surface area (Å²) in [5.41, 5.74) is 8.85. The Kier molecular flexibility index (Phi) is 6.06. The largest absolute Gasteiger partial charge is 0.493 e. The fourth-order valence-corrected chi connectivity index (χ4v) is 2.40. The van der Waals surface area contributed by atoms with Crippen LogP contribution >= 0.6 is 0 Å². The molecule has 0 aliphatic rings. The average molecular weight is 313 g/mol. The van der Waals surface area contributed by atoms with E-state index in [1.165, 1.54) is 5.56 Å². The van der Waals surface area contributed by atoms with Gasteiger partial charge in [-0.05, 0) is 36.2 Å². The summed E-state index contributed by atoms with van der Waals surface area (Å²) in [7, 11) is 4.83. The molecule has 2 rings (SSSR count). The zero-order chi connectivity index (χ0) is 16.7. The van der Waals surface area contributed by atoms with E-state index in [0.717, 1.165) is 17.5 Å². The van der Waals surface area contributed by atoms with Gasteiger partial charge in [0, 0.05) is 5.56 Å². The van der Waals surface area contributed by atoms with E-state index in [-0.39, 0.29) is 0 Å². The Morgan fingerprint density at radius 1 is 0.826 bits per heavy atom. The Morgan fingerprint density at radius 2 is 1.52 bits per heavy atom. The highest BCUT2D eigenvalue weighted by Crippen LogP contribution is 2.40. The van der Waals surface area contributed by atoms with Crippen molar-refractivity contribution < 1.29 is 14.2 Å². The highest BCUT2D eigenvalue weighted by molar-refractivity contribution is 5.75. The van der Waals surface area contributed by atoms with Crippen molar-refractivity contribution in [3.05, 3.63) is 53.1 Å². The number of rotatable bonds is 7. The first-order chi connectivity index (χ1) is 11.2. The van der Waals surface area contributed by atoms with Gasteiger partial charge in [-0.15, -0.1) is 0 Å². The molecular weight excluding hydrogens is 290 g/mol. The summed E-state index contributed by atoms with van der Waals surface area (Å²) in [5.74, 6) is 1.89. The number of hydrogen-bond donors (Lipinski definition) is 1. The van der Waals surface area contributed by atoms with Crippen molar-refractivity contribution in [2.45, 2.75) is 6.42 Å². The van der Waals surface area contributed by atoms with Gasteiger partial charge in [-0.25, -0.2) is 0 Å². The highest BCUT2D eigenvalue weighted by atomic mass is 16.5. The predicted molar refractivity (Wildman–Crippen MR) is 94.2 cm³/mol. The van der Waals surface area contributed by atoms with Crippen molar-refractivity contribution in [1.82, 2.24) is 0 Å². The van der Waals surface area contributed by atoms with Crippen LogP contribution in [-0.2, 0) is 6.42 Å². The summed E-state index contributed by atoms with van der Waals surface area (Å²) in [6.07, 6.45) is 4.93. The summed E-state index contributed by atoms with van der Waals surface area (Å²) in [4.78, 5) is 0. The van der Waals surface area contributed by atoms with Crippen molar-refractivity contribution in [2.75, 3.05) is 27.9 Å². The molecule has 4 heteroatoms. The van der Waals surface area contributed by atoms with Crippen molar-refractivity contribution in [3.63, 3.8) is 0 Å². The van der Waals surface area contributed by atoms with Crippen LogP contribution in [0, 0.1) is 0 Å². The van der Waals surface area contributed by atoms with Gasteiger partial charge in [-0.2, -0.15) is 0 Å². The second-order valence-corrected chi connectivity index (χ2v) is 5.04. The molecule has 0 aromatic heterocycles. The van der Waals surface area contributed by atoms with Crippen LogP contribution in [0.2, 0.25) is 0 Å². The summed E-state index contributed by atoms with van der Waals surface area (Å²) < 4.78 is 16.2. The van der Waals surface area contributed by atoms with E-state index in [1.54, 1.807) is 21.3 Å². The molecule has 0 spiro atoms. The van der Waals surface area contributed by atoms with Crippen LogP contribution < -0.4 is 19.9 Å². The van der Waals surface area contributed by atoms with Crippen LogP contribution in [0.1, 0.15) is 16.7 Å². The van der Waals surface area contributed by atoms with Crippen LogP contribution in [-0.4, -0.2) is 27.9 Å². The lowest BCUT2D eigenvalue weighted by Crippen LogP contribution is -2.02. The van der Waals surface area contributed by atoms with Gasteiger partial charge in [-0.3, -0.25) is 0 Å². The standard InChI is InChI=1S/C19H23NO3/c1-21-17-11-10-16(18(22-2)19(17)23-3)9-8-14-4-6-15(7-5-14)12-13-20/h4-11H,12-13,20H2,1-3H3. The molecule has 2 aromatic carbocycles. The molecule has 0 aliphatic heterocycles. The zero-order valence-corrected chi connectivity index (χ0v) is 13.8. The SMILES string of the molecule is COc1ccc(C=Cc2ccc(CCN)cc2)c(OC)c1OC. The third-order valence-electron chi connectivity index (χ3n) is 3.60.